The highest BCUT2D eigenvalue weighted by Crippen LogP contribution is 2.33. The molecule has 8 rings (SSSR count). The van der Waals surface area contributed by atoms with Gasteiger partial charge in [0.2, 0.25) is 5.77 Å². The summed E-state index contributed by atoms with van der Waals surface area (Å²) in [6.45, 7) is 0. The van der Waals surface area contributed by atoms with E-state index < -0.39 is 144 Å². The Labute approximate surface area is 388 Å². The highest BCUT2D eigenvalue weighted by Gasteiger charge is 2.52. The summed E-state index contributed by atoms with van der Waals surface area (Å²) in [5.74, 6) is -71.4. The molecule has 0 saturated carbocycles. The van der Waals surface area contributed by atoms with E-state index in [4.69, 9.17) is 0 Å². The number of allylic oxidation sites excluding steroid dienone is 4. The third-order valence-corrected chi connectivity index (χ3v) is 17.3. The molecule has 0 amide bonds. The van der Waals surface area contributed by atoms with Gasteiger partial charge in [-0.1, -0.05) is 34.8 Å². The first-order chi connectivity index (χ1) is 32.1. The van der Waals surface area contributed by atoms with Crippen LogP contribution in [-0.2, 0) is 0 Å². The van der Waals surface area contributed by atoms with Gasteiger partial charge in [-0.15, -0.1) is 21.9 Å². The van der Waals surface area contributed by atoms with Crippen LogP contribution >= 0.6 is 22.7 Å². The van der Waals surface area contributed by atoms with Crippen LogP contribution in [0.25, 0.3) is 11.1 Å². The van der Waals surface area contributed by atoms with Gasteiger partial charge < -0.3 is 0 Å². The first kappa shape index (κ1) is 51.0. The molecule has 0 N–H and O–H groups in total. The molecule has 0 aliphatic heterocycles. The predicted octanol–water partition coefficient (Wildman–Crippen LogP) is 9.70. The fourth-order valence-electron chi connectivity index (χ4n) is 8.17. The normalized spacial score (nSPS) is 14.2. The van der Waals surface area contributed by atoms with Crippen molar-refractivity contribution < 1.29 is 109 Å². The Hall–Kier alpha value is -4.85. The number of benzene rings is 4. The molecular formula is C44H22BF20IS2. The van der Waals surface area contributed by atoms with E-state index in [1.807, 2.05) is 0 Å². The second kappa shape index (κ2) is 19.9. The van der Waals surface area contributed by atoms with Gasteiger partial charge in [-0.2, -0.15) is 0 Å². The van der Waals surface area contributed by atoms with E-state index in [9.17, 15) is 52.7 Å². The average molecular weight is 1130 g/mol. The van der Waals surface area contributed by atoms with Gasteiger partial charge in [-0.3, -0.25) is 0 Å². The number of halogens is 21. The van der Waals surface area contributed by atoms with Crippen molar-refractivity contribution in [1.29, 1.82) is 0 Å². The molecule has 0 atom stereocenters. The number of hydrogen-bond acceptors (Lipinski definition) is 2. The second-order valence-corrected chi connectivity index (χ2v) is 21.5. The van der Waals surface area contributed by atoms with Crippen LogP contribution in [0, 0.1) is 122 Å². The average Bonchev–Trinajstić information content (AvgIpc) is 4.02. The molecule has 2 heterocycles. The molecule has 24 heteroatoms. The molecular weight excluding hydrogens is 1110 g/mol. The molecule has 0 saturated heterocycles. The summed E-state index contributed by atoms with van der Waals surface area (Å²) in [7, 11) is 0. The van der Waals surface area contributed by atoms with Gasteiger partial charge in [0.15, 0.2) is 69.8 Å². The summed E-state index contributed by atoms with van der Waals surface area (Å²) in [5, 5.41) is 0. The Morgan fingerprint density at radius 1 is 0.309 bits per heavy atom. The van der Waals surface area contributed by atoms with Gasteiger partial charge in [0, 0.05) is 21.9 Å². The minimum Gasteiger partial charge on any atom is -0.207 e. The molecule has 2 aromatic heterocycles. The Bertz CT molecular complexity index is 2620. The molecule has 0 nitrogen and oxygen atoms in total. The van der Waals surface area contributed by atoms with E-state index in [2.05, 4.69) is 59.1 Å². The summed E-state index contributed by atoms with van der Waals surface area (Å²) >= 11 is 4.11. The standard InChI is InChI=1S/C24BF20.C20H22IS2/c26-5-1(6(27)14(35)21(42)13(5)34)25(2-7(28)15(36)22(43)16(37)8(2)29,3-9(30)17(38)23(44)18(39)10(3)31)4-11(32)19(40)24(45)20(41)12(4)33;1-3-7-15(8-4-1)17-11-13-19(22-17)21-20-14-12-18(23-20)16-9-5-2-6-10-16/h;7,9,11-14H,1-6,8,10H2/q-1;+1. The molecule has 68 heavy (non-hydrogen) atoms. The van der Waals surface area contributed by atoms with E-state index in [0.717, 1.165) is 0 Å². The van der Waals surface area contributed by atoms with Gasteiger partial charge in [0.25, 0.3) is 0 Å². The van der Waals surface area contributed by atoms with Crippen molar-refractivity contribution in [2.75, 3.05) is 0 Å². The van der Waals surface area contributed by atoms with Crippen molar-refractivity contribution in [2.24, 2.45) is 0 Å². The summed E-state index contributed by atoms with van der Waals surface area (Å²) < 4.78 is 297. The first-order valence-electron chi connectivity index (χ1n) is 19.6. The van der Waals surface area contributed by atoms with Crippen LogP contribution in [0.5, 0.6) is 0 Å². The lowest BCUT2D eigenvalue weighted by Gasteiger charge is -2.44. The van der Waals surface area contributed by atoms with Crippen molar-refractivity contribution in [3.05, 3.63) is 168 Å². The predicted molar refractivity (Wildman–Crippen MR) is 208 cm³/mol. The van der Waals surface area contributed by atoms with Crippen LogP contribution in [0.2, 0.25) is 0 Å². The lowest BCUT2D eigenvalue weighted by Crippen LogP contribution is -3.61. The molecule has 4 aromatic carbocycles. The number of hydrogen-bond donors (Lipinski definition) is 0. The highest BCUT2D eigenvalue weighted by atomic mass is 127. The quantitative estimate of drug-likeness (QED) is 0.0469. The minimum absolute atomic E-state index is 0.00772. The van der Waals surface area contributed by atoms with E-state index in [1.165, 1.54) is 61.1 Å². The van der Waals surface area contributed by atoms with Crippen molar-refractivity contribution in [3.63, 3.8) is 0 Å². The second-order valence-electron chi connectivity index (χ2n) is 15.1. The molecule has 0 spiro atoms. The molecule has 2 aliphatic carbocycles. The maximum atomic E-state index is 15.4. The van der Waals surface area contributed by atoms with E-state index in [1.54, 1.807) is 16.9 Å². The van der Waals surface area contributed by atoms with Crippen LogP contribution in [0.1, 0.15) is 61.1 Å². The van der Waals surface area contributed by atoms with E-state index >= 15 is 35.1 Å². The fraction of sp³-hybridized carbons (Fsp3) is 0.182. The summed E-state index contributed by atoms with van der Waals surface area (Å²) in [5.41, 5.74) is -11.1. The van der Waals surface area contributed by atoms with E-state index in [0.29, 0.717) is 0 Å². The zero-order valence-electron chi connectivity index (χ0n) is 33.5. The highest BCUT2D eigenvalue weighted by molar-refractivity contribution is 7.20. The molecule has 0 bridgehead atoms. The molecule has 0 fully saturated rings. The van der Waals surface area contributed by atoms with Crippen molar-refractivity contribution in [2.45, 2.75) is 51.4 Å². The Kier molecular flexibility index (Phi) is 14.9. The Morgan fingerprint density at radius 2 is 0.544 bits per heavy atom. The summed E-state index contributed by atoms with van der Waals surface area (Å²) in [6.07, 6.45) is 8.35. The SMILES string of the molecule is C1=C(c2ccc([I+]c3ccc(C4=CCCCC4)s3)s2)CCCC1.Fc1c(F)c(F)c([B-](c2c(F)c(F)c(F)c(F)c2F)(c2c(F)c(F)c(F)c(F)c2F)c2c(F)c(F)c(F)c(F)c2F)c(F)c1F. The Morgan fingerprint density at radius 3 is 0.765 bits per heavy atom. The maximum Gasteiger partial charge on any atom is 0.381 e. The van der Waals surface area contributed by atoms with Crippen molar-refractivity contribution in [3.8, 4) is 0 Å². The van der Waals surface area contributed by atoms with Crippen molar-refractivity contribution >= 4 is 61.8 Å². The molecule has 0 unspecified atom stereocenters. The van der Waals surface area contributed by atoms with Gasteiger partial charge in [-0.25, -0.2) is 87.8 Å². The van der Waals surface area contributed by atoms with E-state index in [-0.39, 0.29) is 21.2 Å². The van der Waals surface area contributed by atoms with Gasteiger partial charge in [-0.05, 0) is 74.6 Å². The molecule has 2 aliphatic rings. The van der Waals surface area contributed by atoms with Crippen LogP contribution in [0.3, 0.4) is 0 Å². The number of rotatable bonds is 8. The Balaban J connectivity index is 0.000000246. The van der Waals surface area contributed by atoms with Crippen LogP contribution in [0.15, 0.2) is 36.4 Å². The van der Waals surface area contributed by atoms with Gasteiger partial charge in [0.05, 0.1) is 0 Å². The topological polar surface area (TPSA) is 0 Å². The third-order valence-electron chi connectivity index (χ3n) is 11.3. The van der Waals surface area contributed by atoms with Crippen LogP contribution < -0.4 is 43.1 Å². The van der Waals surface area contributed by atoms with Crippen LogP contribution in [-0.4, -0.2) is 6.15 Å². The summed E-state index contributed by atoms with van der Waals surface area (Å²) in [6, 6.07) is 9.52. The first-order valence-corrected chi connectivity index (χ1v) is 23.3. The fourth-order valence-corrected chi connectivity index (χ4v) is 14.6. The lowest BCUT2D eigenvalue weighted by atomic mass is 9.12. The monoisotopic (exact) mass is 1130 g/mol. The lowest BCUT2D eigenvalue weighted by molar-refractivity contribution is -0.585. The molecule has 6 aromatic rings. The number of thiophene rings is 2. The zero-order valence-corrected chi connectivity index (χ0v) is 37.2. The molecule has 0 radical (unpaired) electrons. The van der Waals surface area contributed by atoms with Gasteiger partial charge >= 0.3 is 21.2 Å². The summed E-state index contributed by atoms with van der Waals surface area (Å²) in [4.78, 5) is 3.07. The third kappa shape index (κ3) is 8.52. The maximum absolute atomic E-state index is 15.4. The largest absolute Gasteiger partial charge is 0.381 e. The zero-order chi connectivity index (χ0) is 49.8. The van der Waals surface area contributed by atoms with Crippen LogP contribution in [0.4, 0.5) is 87.8 Å². The van der Waals surface area contributed by atoms with Gasteiger partial charge in [0.1, 0.15) is 52.7 Å². The molecule has 360 valence electrons. The van der Waals surface area contributed by atoms with Crippen molar-refractivity contribution in [1.82, 2.24) is 0 Å². The minimum atomic E-state index is -7.22. The smallest absolute Gasteiger partial charge is 0.207 e.